The predicted octanol–water partition coefficient (Wildman–Crippen LogP) is 3.42. The van der Waals surface area contributed by atoms with E-state index in [9.17, 15) is 14.4 Å². The van der Waals surface area contributed by atoms with Crippen molar-refractivity contribution in [2.45, 2.75) is 69.7 Å². The predicted molar refractivity (Wildman–Crippen MR) is 130 cm³/mol. The lowest BCUT2D eigenvalue weighted by molar-refractivity contribution is -0.134. The Bertz CT molecular complexity index is 908. The number of nitrogens with one attached hydrogen (secondary N) is 1. The molecule has 3 aliphatic rings. The molecule has 1 aromatic rings. The quantitative estimate of drug-likeness (QED) is 0.486. The van der Waals surface area contributed by atoms with Gasteiger partial charge in [-0.3, -0.25) is 19.7 Å². The Hall–Kier alpha value is -2.48. The number of hydrogen-bond acceptors (Lipinski definition) is 5. The molecule has 0 radical (unpaired) electrons. The van der Waals surface area contributed by atoms with E-state index in [4.69, 9.17) is 0 Å². The summed E-state index contributed by atoms with van der Waals surface area (Å²) >= 11 is 0. The molecular formula is C26H37FN4O3. The molecule has 3 fully saturated rings. The lowest BCUT2D eigenvalue weighted by Gasteiger charge is -2.36. The van der Waals surface area contributed by atoms with E-state index in [1.54, 1.807) is 31.1 Å². The standard InChI is InChI=1S/C26H37FN4O3/c1-29(2)25-21(31(17-32)22-10-11-23(33)28-26(22)34)9-8-20(24(25)27)19-12-14-30(15-13-19)16-18-6-4-3-5-7-18/h8-9,17-19,22H,3-7,10-16H2,1-2H3,(H,28,33,34). The fraction of sp³-hybridized carbons (Fsp3) is 0.654. The first-order valence-corrected chi connectivity index (χ1v) is 12.7. The first kappa shape index (κ1) is 24.6. The number of amides is 3. The van der Waals surface area contributed by atoms with Gasteiger partial charge in [-0.25, -0.2) is 4.39 Å². The summed E-state index contributed by atoms with van der Waals surface area (Å²) in [4.78, 5) is 41.4. The minimum absolute atomic E-state index is 0.135. The highest BCUT2D eigenvalue weighted by Crippen LogP contribution is 2.40. The lowest BCUT2D eigenvalue weighted by atomic mass is 9.86. The molecule has 0 aromatic heterocycles. The molecule has 1 atom stereocenters. The molecule has 2 aliphatic heterocycles. The molecule has 186 valence electrons. The van der Waals surface area contributed by atoms with Crippen LogP contribution in [0.3, 0.4) is 0 Å². The number of rotatable bonds is 7. The van der Waals surface area contributed by atoms with E-state index >= 15 is 4.39 Å². The Morgan fingerprint density at radius 3 is 2.38 bits per heavy atom. The molecule has 1 aliphatic carbocycles. The van der Waals surface area contributed by atoms with Gasteiger partial charge < -0.3 is 14.7 Å². The Morgan fingerprint density at radius 1 is 1.06 bits per heavy atom. The van der Waals surface area contributed by atoms with Crippen LogP contribution in [-0.2, 0) is 14.4 Å². The average Bonchev–Trinajstić information content (AvgIpc) is 2.82. The molecule has 0 spiro atoms. The summed E-state index contributed by atoms with van der Waals surface area (Å²) in [6.07, 6.45) is 9.51. The smallest absolute Gasteiger partial charge is 0.249 e. The van der Waals surface area contributed by atoms with Crippen LogP contribution in [0, 0.1) is 11.7 Å². The molecule has 1 aromatic carbocycles. The first-order chi connectivity index (χ1) is 16.4. The number of benzene rings is 1. The third kappa shape index (κ3) is 5.27. The van der Waals surface area contributed by atoms with Crippen molar-refractivity contribution in [1.29, 1.82) is 0 Å². The second kappa shape index (κ2) is 10.8. The Balaban J connectivity index is 1.50. The highest BCUT2D eigenvalue weighted by molar-refractivity contribution is 6.04. The maximum absolute atomic E-state index is 15.9. The van der Waals surface area contributed by atoms with Crippen molar-refractivity contribution in [3.05, 3.63) is 23.5 Å². The van der Waals surface area contributed by atoms with Gasteiger partial charge in [0.1, 0.15) is 6.04 Å². The summed E-state index contributed by atoms with van der Waals surface area (Å²) in [5, 5.41) is 2.28. The van der Waals surface area contributed by atoms with Gasteiger partial charge in [-0.2, -0.15) is 0 Å². The molecule has 1 unspecified atom stereocenters. The number of anilines is 2. The molecule has 1 N–H and O–H groups in total. The number of hydrogen-bond donors (Lipinski definition) is 1. The normalized spacial score (nSPS) is 23.0. The minimum atomic E-state index is -0.831. The van der Waals surface area contributed by atoms with Gasteiger partial charge in [0.05, 0.1) is 11.4 Å². The van der Waals surface area contributed by atoms with Gasteiger partial charge in [0, 0.05) is 27.1 Å². The third-order valence-electron chi connectivity index (χ3n) is 7.78. The summed E-state index contributed by atoms with van der Waals surface area (Å²) in [6, 6.07) is 2.70. The van der Waals surface area contributed by atoms with Crippen molar-refractivity contribution in [2.75, 3.05) is 43.5 Å². The van der Waals surface area contributed by atoms with Crippen LogP contribution in [0.1, 0.15) is 69.3 Å². The van der Waals surface area contributed by atoms with E-state index in [0.717, 1.165) is 38.4 Å². The maximum atomic E-state index is 15.9. The zero-order valence-electron chi connectivity index (χ0n) is 20.4. The summed E-state index contributed by atoms with van der Waals surface area (Å²) < 4.78 is 15.9. The average molecular weight is 473 g/mol. The Morgan fingerprint density at radius 2 is 1.76 bits per heavy atom. The van der Waals surface area contributed by atoms with Crippen molar-refractivity contribution in [3.8, 4) is 0 Å². The summed E-state index contributed by atoms with van der Waals surface area (Å²) in [5.41, 5.74) is 1.34. The Kier molecular flexibility index (Phi) is 7.86. The SMILES string of the molecule is CN(C)c1c(N(C=O)C2CCC(=O)NC2=O)ccc(C2CCN(CC3CCCCC3)CC2)c1F. The monoisotopic (exact) mass is 472 g/mol. The van der Waals surface area contributed by atoms with Crippen LogP contribution in [-0.4, -0.2) is 62.9 Å². The van der Waals surface area contributed by atoms with Crippen molar-refractivity contribution < 1.29 is 18.8 Å². The van der Waals surface area contributed by atoms with Crippen LogP contribution in [0.5, 0.6) is 0 Å². The van der Waals surface area contributed by atoms with Crippen molar-refractivity contribution in [3.63, 3.8) is 0 Å². The van der Waals surface area contributed by atoms with Crippen LogP contribution in [0.2, 0.25) is 0 Å². The van der Waals surface area contributed by atoms with Gasteiger partial charge >= 0.3 is 0 Å². The highest BCUT2D eigenvalue weighted by atomic mass is 19.1. The zero-order chi connectivity index (χ0) is 24.2. The zero-order valence-corrected chi connectivity index (χ0v) is 20.4. The number of nitrogens with zero attached hydrogens (tertiary/aromatic N) is 3. The topological polar surface area (TPSA) is 73.0 Å². The Labute approximate surface area is 201 Å². The fourth-order valence-electron chi connectivity index (χ4n) is 5.93. The molecule has 4 rings (SSSR count). The van der Waals surface area contributed by atoms with Gasteiger partial charge in [0.2, 0.25) is 18.2 Å². The first-order valence-electron chi connectivity index (χ1n) is 12.7. The highest BCUT2D eigenvalue weighted by Gasteiger charge is 2.35. The van der Waals surface area contributed by atoms with Crippen LogP contribution >= 0.6 is 0 Å². The lowest BCUT2D eigenvalue weighted by Crippen LogP contribution is -2.52. The van der Waals surface area contributed by atoms with Gasteiger partial charge in [-0.15, -0.1) is 0 Å². The van der Waals surface area contributed by atoms with Crippen LogP contribution in [0.4, 0.5) is 15.8 Å². The van der Waals surface area contributed by atoms with E-state index in [-0.39, 0.29) is 30.5 Å². The van der Waals surface area contributed by atoms with Crippen LogP contribution in [0.25, 0.3) is 0 Å². The molecule has 7 nitrogen and oxygen atoms in total. The van der Waals surface area contributed by atoms with E-state index in [1.165, 1.54) is 37.0 Å². The van der Waals surface area contributed by atoms with Crippen LogP contribution < -0.4 is 15.1 Å². The van der Waals surface area contributed by atoms with Gasteiger partial charge in [0.25, 0.3) is 0 Å². The number of carbonyl (C=O) groups is 3. The van der Waals surface area contributed by atoms with Crippen molar-refractivity contribution in [1.82, 2.24) is 10.2 Å². The molecular weight excluding hydrogens is 435 g/mol. The van der Waals surface area contributed by atoms with Crippen LogP contribution in [0.15, 0.2) is 12.1 Å². The second-order valence-electron chi connectivity index (χ2n) is 10.3. The second-order valence-corrected chi connectivity index (χ2v) is 10.3. The van der Waals surface area contributed by atoms with Gasteiger partial charge in [0.15, 0.2) is 5.82 Å². The largest absolute Gasteiger partial charge is 0.374 e. The number of likely N-dealkylation sites (tertiary alicyclic amines) is 1. The number of imide groups is 1. The minimum Gasteiger partial charge on any atom is -0.374 e. The van der Waals surface area contributed by atoms with E-state index in [1.807, 2.05) is 0 Å². The molecule has 3 amide bonds. The van der Waals surface area contributed by atoms with E-state index < -0.39 is 11.9 Å². The number of carbonyl (C=O) groups excluding carboxylic acids is 3. The molecule has 8 heteroatoms. The number of halogens is 1. The van der Waals surface area contributed by atoms with Gasteiger partial charge in [-0.1, -0.05) is 25.3 Å². The summed E-state index contributed by atoms with van der Waals surface area (Å²) in [7, 11) is 3.48. The van der Waals surface area contributed by atoms with E-state index in [0.29, 0.717) is 23.3 Å². The molecule has 2 saturated heterocycles. The van der Waals surface area contributed by atoms with Crippen molar-refractivity contribution >= 4 is 29.6 Å². The number of piperidine rings is 2. The third-order valence-corrected chi connectivity index (χ3v) is 7.78. The maximum Gasteiger partial charge on any atom is 0.249 e. The molecule has 2 heterocycles. The fourth-order valence-corrected chi connectivity index (χ4v) is 5.93. The molecule has 1 saturated carbocycles. The van der Waals surface area contributed by atoms with E-state index in [2.05, 4.69) is 10.2 Å². The molecule has 0 bridgehead atoms. The summed E-state index contributed by atoms with van der Waals surface area (Å²) in [5.74, 6) is -0.259. The van der Waals surface area contributed by atoms with Crippen molar-refractivity contribution in [2.24, 2.45) is 5.92 Å². The molecule has 34 heavy (non-hydrogen) atoms. The summed E-state index contributed by atoms with van der Waals surface area (Å²) in [6.45, 7) is 3.13. The van der Waals surface area contributed by atoms with Gasteiger partial charge in [-0.05, 0) is 68.7 Å².